The van der Waals surface area contributed by atoms with Gasteiger partial charge in [0.05, 0.1) is 17.0 Å². The molecular formula is C14H20ClN3O3S. The molecule has 1 aliphatic heterocycles. The number of para-hydroxylation sites is 1. The summed E-state index contributed by atoms with van der Waals surface area (Å²) < 4.78 is 24.3. The topological polar surface area (TPSA) is 78.5 Å². The smallest absolute Gasteiger partial charge is 0.319 e. The lowest BCUT2D eigenvalue weighted by Crippen LogP contribution is -2.41. The van der Waals surface area contributed by atoms with E-state index in [1.165, 1.54) is 10.6 Å². The Bertz CT molecular complexity index is 628. The second-order valence-corrected chi connectivity index (χ2v) is 7.81. The van der Waals surface area contributed by atoms with Gasteiger partial charge in [-0.1, -0.05) is 23.7 Å². The fourth-order valence-corrected chi connectivity index (χ4v) is 3.47. The predicted octanol–water partition coefficient (Wildman–Crippen LogP) is 2.13. The van der Waals surface area contributed by atoms with Crippen LogP contribution in [0.4, 0.5) is 10.5 Å². The molecule has 1 aliphatic rings. The third kappa shape index (κ3) is 4.86. The number of carbonyl (C=O) groups is 1. The van der Waals surface area contributed by atoms with Gasteiger partial charge in [0.1, 0.15) is 0 Å². The molecule has 1 aromatic carbocycles. The zero-order valence-electron chi connectivity index (χ0n) is 12.4. The highest BCUT2D eigenvalue weighted by atomic mass is 35.5. The number of rotatable bonds is 4. The van der Waals surface area contributed by atoms with Gasteiger partial charge in [-0.15, -0.1) is 0 Å². The molecule has 6 nitrogen and oxygen atoms in total. The summed E-state index contributed by atoms with van der Waals surface area (Å²) >= 11 is 5.97. The molecule has 1 heterocycles. The Kier molecular flexibility index (Phi) is 5.66. The largest absolute Gasteiger partial charge is 0.338 e. The van der Waals surface area contributed by atoms with Crippen molar-refractivity contribution in [1.29, 1.82) is 0 Å². The average molecular weight is 346 g/mol. The number of nitrogens with zero attached hydrogens (tertiary/aromatic N) is 1. The molecule has 0 saturated carbocycles. The Labute approximate surface area is 135 Å². The first-order valence-electron chi connectivity index (χ1n) is 7.11. The van der Waals surface area contributed by atoms with Gasteiger partial charge in [0.25, 0.3) is 0 Å². The Hall–Kier alpha value is -1.31. The lowest BCUT2D eigenvalue weighted by molar-refractivity contribution is 0.241. The minimum absolute atomic E-state index is 0.287. The van der Waals surface area contributed by atoms with E-state index < -0.39 is 10.0 Å². The molecule has 0 spiro atoms. The van der Waals surface area contributed by atoms with Gasteiger partial charge in [-0.05, 0) is 30.9 Å². The Morgan fingerprint density at radius 2 is 1.95 bits per heavy atom. The minimum atomic E-state index is -3.11. The van der Waals surface area contributed by atoms with E-state index in [2.05, 4.69) is 10.6 Å². The fourth-order valence-electron chi connectivity index (χ4n) is 2.41. The van der Waals surface area contributed by atoms with Crippen LogP contribution in [0.3, 0.4) is 0 Å². The normalized spacial score (nSPS) is 17.2. The fraction of sp³-hybridized carbons (Fsp3) is 0.500. The van der Waals surface area contributed by atoms with E-state index in [0.29, 0.717) is 30.3 Å². The summed E-state index contributed by atoms with van der Waals surface area (Å²) in [6.07, 6.45) is 2.72. The molecule has 122 valence electrons. The number of anilines is 1. The molecule has 2 N–H and O–H groups in total. The number of benzene rings is 1. The van der Waals surface area contributed by atoms with Gasteiger partial charge in [0.2, 0.25) is 10.0 Å². The van der Waals surface area contributed by atoms with E-state index in [1.54, 1.807) is 24.3 Å². The summed E-state index contributed by atoms with van der Waals surface area (Å²) in [5.74, 6) is 0.287. The third-order valence-corrected chi connectivity index (χ3v) is 5.35. The average Bonchev–Trinajstić information content (AvgIpc) is 2.47. The van der Waals surface area contributed by atoms with Crippen molar-refractivity contribution >= 4 is 33.3 Å². The van der Waals surface area contributed by atoms with Crippen LogP contribution in [0.25, 0.3) is 0 Å². The zero-order valence-corrected chi connectivity index (χ0v) is 14.0. The highest BCUT2D eigenvalue weighted by molar-refractivity contribution is 7.88. The van der Waals surface area contributed by atoms with Crippen molar-refractivity contribution in [3.63, 3.8) is 0 Å². The monoisotopic (exact) mass is 345 g/mol. The molecule has 8 heteroatoms. The Morgan fingerprint density at radius 1 is 1.32 bits per heavy atom. The maximum Gasteiger partial charge on any atom is 0.319 e. The summed E-state index contributed by atoms with van der Waals surface area (Å²) in [5, 5.41) is 5.98. The van der Waals surface area contributed by atoms with E-state index in [1.807, 2.05) is 0 Å². The SMILES string of the molecule is CS(=O)(=O)N1CCC(CNC(=O)Nc2ccccc2Cl)CC1. The van der Waals surface area contributed by atoms with Crippen LogP contribution in [-0.2, 0) is 10.0 Å². The van der Waals surface area contributed by atoms with E-state index in [0.717, 1.165) is 12.8 Å². The third-order valence-electron chi connectivity index (χ3n) is 3.72. The molecule has 2 rings (SSSR count). The number of hydrogen-bond donors (Lipinski definition) is 2. The van der Waals surface area contributed by atoms with Gasteiger partial charge in [-0.25, -0.2) is 17.5 Å². The number of hydrogen-bond acceptors (Lipinski definition) is 3. The maximum absolute atomic E-state index is 11.8. The van der Waals surface area contributed by atoms with E-state index in [-0.39, 0.29) is 11.9 Å². The lowest BCUT2D eigenvalue weighted by Gasteiger charge is -2.30. The molecule has 0 aliphatic carbocycles. The molecule has 0 aromatic heterocycles. The molecule has 22 heavy (non-hydrogen) atoms. The number of sulfonamides is 1. The zero-order chi connectivity index (χ0) is 16.2. The first-order valence-corrected chi connectivity index (χ1v) is 9.33. The summed E-state index contributed by atoms with van der Waals surface area (Å²) in [6, 6.07) is 6.71. The molecule has 1 saturated heterocycles. The standard InChI is InChI=1S/C14H20ClN3O3S/c1-22(20,21)18-8-6-11(7-9-18)10-16-14(19)17-13-5-3-2-4-12(13)15/h2-5,11H,6-10H2,1H3,(H2,16,17,19). The van der Waals surface area contributed by atoms with E-state index >= 15 is 0 Å². The van der Waals surface area contributed by atoms with Gasteiger partial charge in [0.15, 0.2) is 0 Å². The molecule has 0 atom stereocenters. The van der Waals surface area contributed by atoms with Gasteiger partial charge in [-0.2, -0.15) is 0 Å². The van der Waals surface area contributed by atoms with E-state index in [4.69, 9.17) is 11.6 Å². The summed E-state index contributed by atoms with van der Waals surface area (Å²) in [5.41, 5.74) is 0.563. The minimum Gasteiger partial charge on any atom is -0.338 e. The number of amides is 2. The number of urea groups is 1. The van der Waals surface area contributed by atoms with Crippen LogP contribution in [0.15, 0.2) is 24.3 Å². The molecule has 0 bridgehead atoms. The first-order chi connectivity index (χ1) is 10.4. The number of nitrogens with one attached hydrogen (secondary N) is 2. The van der Waals surface area contributed by atoms with Crippen LogP contribution in [0.5, 0.6) is 0 Å². The van der Waals surface area contributed by atoms with Crippen LogP contribution >= 0.6 is 11.6 Å². The second kappa shape index (κ2) is 7.30. The first kappa shape index (κ1) is 17.1. The molecule has 0 radical (unpaired) electrons. The predicted molar refractivity (Wildman–Crippen MR) is 87.6 cm³/mol. The van der Waals surface area contributed by atoms with E-state index in [9.17, 15) is 13.2 Å². The van der Waals surface area contributed by atoms with Gasteiger partial charge >= 0.3 is 6.03 Å². The maximum atomic E-state index is 11.8. The van der Waals surface area contributed by atoms with Gasteiger partial charge in [-0.3, -0.25) is 0 Å². The second-order valence-electron chi connectivity index (χ2n) is 5.42. The molecule has 1 fully saturated rings. The quantitative estimate of drug-likeness (QED) is 0.877. The van der Waals surface area contributed by atoms with Crippen LogP contribution in [0.2, 0.25) is 5.02 Å². The molecular weight excluding hydrogens is 326 g/mol. The summed E-state index contributed by atoms with van der Waals surface area (Å²) in [7, 11) is -3.11. The van der Waals surface area contributed by atoms with Gasteiger partial charge < -0.3 is 10.6 Å². The Morgan fingerprint density at radius 3 is 2.55 bits per heavy atom. The highest BCUT2D eigenvalue weighted by Crippen LogP contribution is 2.21. The van der Waals surface area contributed by atoms with Crippen LogP contribution in [-0.4, -0.2) is 44.6 Å². The van der Waals surface area contributed by atoms with Crippen molar-refractivity contribution in [3.05, 3.63) is 29.3 Å². The van der Waals surface area contributed by atoms with Crippen molar-refractivity contribution in [2.24, 2.45) is 5.92 Å². The van der Waals surface area contributed by atoms with Crippen molar-refractivity contribution in [2.45, 2.75) is 12.8 Å². The summed E-state index contributed by atoms with van der Waals surface area (Å²) in [6.45, 7) is 1.54. The number of piperidine rings is 1. The lowest BCUT2D eigenvalue weighted by atomic mass is 9.98. The molecule has 0 unspecified atom stereocenters. The summed E-state index contributed by atoms with van der Waals surface area (Å²) in [4.78, 5) is 11.8. The van der Waals surface area contributed by atoms with Crippen molar-refractivity contribution in [3.8, 4) is 0 Å². The van der Waals surface area contributed by atoms with Gasteiger partial charge in [0, 0.05) is 19.6 Å². The number of halogens is 1. The highest BCUT2D eigenvalue weighted by Gasteiger charge is 2.24. The van der Waals surface area contributed by atoms with Crippen molar-refractivity contribution in [1.82, 2.24) is 9.62 Å². The van der Waals surface area contributed by atoms with Crippen LogP contribution in [0, 0.1) is 5.92 Å². The van der Waals surface area contributed by atoms with Crippen molar-refractivity contribution < 1.29 is 13.2 Å². The molecule has 2 amide bonds. The van der Waals surface area contributed by atoms with Crippen LogP contribution in [0.1, 0.15) is 12.8 Å². The van der Waals surface area contributed by atoms with Crippen molar-refractivity contribution in [2.75, 3.05) is 31.2 Å². The van der Waals surface area contributed by atoms with Crippen LogP contribution < -0.4 is 10.6 Å². The number of carbonyl (C=O) groups excluding carboxylic acids is 1. The molecule has 1 aromatic rings. The Balaban J connectivity index is 1.75.